The van der Waals surface area contributed by atoms with Crippen LogP contribution in [0.5, 0.6) is 17.2 Å². The van der Waals surface area contributed by atoms with Gasteiger partial charge in [-0.25, -0.2) is 5.43 Å². The average molecular weight is 328 g/mol. The van der Waals surface area contributed by atoms with Crippen LogP contribution in [0.1, 0.15) is 29.8 Å². The number of benzene rings is 2. The number of rotatable bonds is 7. The molecular weight excluding hydrogens is 308 g/mol. The van der Waals surface area contributed by atoms with E-state index in [-0.39, 0.29) is 11.7 Å². The molecule has 0 radical (unpaired) electrons. The number of carbonyl (C=O) groups is 1. The molecule has 0 saturated heterocycles. The number of ether oxygens (including phenoxy) is 2. The number of hydrogen-bond acceptors (Lipinski definition) is 5. The van der Waals surface area contributed by atoms with Crippen molar-refractivity contribution >= 4 is 12.1 Å². The van der Waals surface area contributed by atoms with Crippen molar-refractivity contribution in [1.29, 1.82) is 0 Å². The summed E-state index contributed by atoms with van der Waals surface area (Å²) in [5, 5.41) is 13.1. The Morgan fingerprint density at radius 2 is 1.75 bits per heavy atom. The SMILES string of the molecule is CCOc1ccc(/C=N/NC(=O)c2ccc(O)cc2)cc1OCC. The molecule has 0 atom stereocenters. The van der Waals surface area contributed by atoms with E-state index in [0.717, 1.165) is 5.56 Å². The second-order valence-corrected chi connectivity index (χ2v) is 4.82. The lowest BCUT2D eigenvalue weighted by Gasteiger charge is -2.11. The first-order valence-electron chi connectivity index (χ1n) is 7.66. The highest BCUT2D eigenvalue weighted by atomic mass is 16.5. The first-order chi connectivity index (χ1) is 11.6. The van der Waals surface area contributed by atoms with Gasteiger partial charge in [-0.1, -0.05) is 0 Å². The van der Waals surface area contributed by atoms with Crippen LogP contribution in [0.15, 0.2) is 47.6 Å². The summed E-state index contributed by atoms with van der Waals surface area (Å²) in [4.78, 5) is 11.9. The van der Waals surface area contributed by atoms with E-state index in [1.165, 1.54) is 30.5 Å². The third kappa shape index (κ3) is 4.74. The number of hydrogen-bond donors (Lipinski definition) is 2. The topological polar surface area (TPSA) is 80.2 Å². The standard InChI is InChI=1S/C18H20N2O4/c1-3-23-16-10-5-13(11-17(16)24-4-2)12-19-20-18(22)14-6-8-15(21)9-7-14/h5-12,21H,3-4H2,1-2H3,(H,20,22)/b19-12+. The molecule has 6 heteroatoms. The summed E-state index contributed by atoms with van der Waals surface area (Å²) >= 11 is 0. The van der Waals surface area contributed by atoms with Gasteiger partial charge in [-0.3, -0.25) is 4.79 Å². The number of aromatic hydroxyl groups is 1. The van der Waals surface area contributed by atoms with Crippen molar-refractivity contribution < 1.29 is 19.4 Å². The van der Waals surface area contributed by atoms with Crippen LogP contribution in [0.2, 0.25) is 0 Å². The minimum Gasteiger partial charge on any atom is -0.508 e. The molecule has 126 valence electrons. The molecule has 0 aliphatic heterocycles. The van der Waals surface area contributed by atoms with Crippen molar-refractivity contribution in [3.8, 4) is 17.2 Å². The fourth-order valence-corrected chi connectivity index (χ4v) is 1.99. The van der Waals surface area contributed by atoms with Gasteiger partial charge in [0.25, 0.3) is 5.91 Å². The first kappa shape index (κ1) is 17.3. The molecule has 0 aromatic heterocycles. The number of carbonyl (C=O) groups excluding carboxylic acids is 1. The van der Waals surface area contributed by atoms with Gasteiger partial charge in [0.1, 0.15) is 5.75 Å². The summed E-state index contributed by atoms with van der Waals surface area (Å²) in [6.07, 6.45) is 1.52. The fourth-order valence-electron chi connectivity index (χ4n) is 1.99. The Balaban J connectivity index is 2.04. The van der Waals surface area contributed by atoms with E-state index in [9.17, 15) is 9.90 Å². The highest BCUT2D eigenvalue weighted by Crippen LogP contribution is 2.27. The molecule has 2 aromatic rings. The Morgan fingerprint density at radius 1 is 1.08 bits per heavy atom. The van der Waals surface area contributed by atoms with Crippen LogP contribution in [0.4, 0.5) is 0 Å². The number of amides is 1. The van der Waals surface area contributed by atoms with Gasteiger partial charge < -0.3 is 14.6 Å². The van der Waals surface area contributed by atoms with E-state index in [1.54, 1.807) is 12.1 Å². The molecule has 0 bridgehead atoms. The molecule has 0 aliphatic carbocycles. The minimum atomic E-state index is -0.359. The summed E-state index contributed by atoms with van der Waals surface area (Å²) < 4.78 is 11.0. The van der Waals surface area contributed by atoms with Crippen LogP contribution in [0.3, 0.4) is 0 Å². The predicted molar refractivity (Wildman–Crippen MR) is 91.9 cm³/mol. The third-order valence-corrected chi connectivity index (χ3v) is 3.08. The summed E-state index contributed by atoms with van der Waals surface area (Å²) in [6, 6.07) is 11.3. The Labute approximate surface area is 140 Å². The molecule has 0 spiro atoms. The third-order valence-electron chi connectivity index (χ3n) is 3.08. The molecule has 0 unspecified atom stereocenters. The highest BCUT2D eigenvalue weighted by Gasteiger charge is 2.06. The van der Waals surface area contributed by atoms with Crippen LogP contribution in [0, 0.1) is 0 Å². The molecule has 0 saturated carbocycles. The number of phenols is 1. The maximum Gasteiger partial charge on any atom is 0.271 e. The molecule has 0 fully saturated rings. The van der Waals surface area contributed by atoms with Crippen molar-refractivity contribution in [2.45, 2.75) is 13.8 Å². The summed E-state index contributed by atoms with van der Waals surface area (Å²) in [5.41, 5.74) is 3.62. The summed E-state index contributed by atoms with van der Waals surface area (Å²) in [5.74, 6) is 1.05. The first-order valence-corrected chi connectivity index (χ1v) is 7.66. The second kappa shape index (κ2) is 8.57. The van der Waals surface area contributed by atoms with Gasteiger partial charge in [0, 0.05) is 5.56 Å². The van der Waals surface area contributed by atoms with Crippen molar-refractivity contribution in [1.82, 2.24) is 5.43 Å². The van der Waals surface area contributed by atoms with E-state index in [2.05, 4.69) is 10.5 Å². The van der Waals surface area contributed by atoms with E-state index in [1.807, 2.05) is 19.9 Å². The maximum absolute atomic E-state index is 11.9. The molecule has 6 nitrogen and oxygen atoms in total. The largest absolute Gasteiger partial charge is 0.508 e. The van der Waals surface area contributed by atoms with Gasteiger partial charge in [-0.05, 0) is 61.9 Å². The van der Waals surface area contributed by atoms with Crippen LogP contribution < -0.4 is 14.9 Å². The maximum atomic E-state index is 11.9. The van der Waals surface area contributed by atoms with E-state index >= 15 is 0 Å². The average Bonchev–Trinajstić information content (AvgIpc) is 2.58. The van der Waals surface area contributed by atoms with Crippen molar-refractivity contribution in [2.24, 2.45) is 5.10 Å². The smallest absolute Gasteiger partial charge is 0.271 e. The second-order valence-electron chi connectivity index (χ2n) is 4.82. The van der Waals surface area contributed by atoms with Gasteiger partial charge in [0.2, 0.25) is 0 Å². The number of hydrazone groups is 1. The number of nitrogens with zero attached hydrogens (tertiary/aromatic N) is 1. The quantitative estimate of drug-likeness (QED) is 0.605. The lowest BCUT2D eigenvalue weighted by molar-refractivity contribution is 0.0955. The highest BCUT2D eigenvalue weighted by molar-refractivity contribution is 5.95. The van der Waals surface area contributed by atoms with Gasteiger partial charge >= 0.3 is 0 Å². The zero-order chi connectivity index (χ0) is 17.4. The van der Waals surface area contributed by atoms with Crippen LogP contribution >= 0.6 is 0 Å². The van der Waals surface area contributed by atoms with Gasteiger partial charge in [-0.15, -0.1) is 0 Å². The van der Waals surface area contributed by atoms with Crippen LogP contribution in [-0.2, 0) is 0 Å². The summed E-state index contributed by atoms with van der Waals surface area (Å²) in [7, 11) is 0. The summed E-state index contributed by atoms with van der Waals surface area (Å²) in [6.45, 7) is 4.88. The molecule has 0 aliphatic rings. The zero-order valence-electron chi connectivity index (χ0n) is 13.7. The Morgan fingerprint density at radius 3 is 2.42 bits per heavy atom. The predicted octanol–water partition coefficient (Wildman–Crippen LogP) is 2.95. The molecular formula is C18H20N2O4. The molecule has 0 heterocycles. The molecule has 2 rings (SSSR count). The molecule has 2 aromatic carbocycles. The molecule has 24 heavy (non-hydrogen) atoms. The van der Waals surface area contributed by atoms with Gasteiger partial charge in [0.15, 0.2) is 11.5 Å². The molecule has 2 N–H and O–H groups in total. The van der Waals surface area contributed by atoms with Crippen molar-refractivity contribution in [3.05, 3.63) is 53.6 Å². The van der Waals surface area contributed by atoms with Crippen LogP contribution in [-0.4, -0.2) is 30.4 Å². The fraction of sp³-hybridized carbons (Fsp3) is 0.222. The van der Waals surface area contributed by atoms with Crippen molar-refractivity contribution in [3.63, 3.8) is 0 Å². The number of phenolic OH excluding ortho intramolecular Hbond substituents is 1. The van der Waals surface area contributed by atoms with E-state index < -0.39 is 0 Å². The van der Waals surface area contributed by atoms with E-state index in [0.29, 0.717) is 30.3 Å². The van der Waals surface area contributed by atoms with Gasteiger partial charge in [-0.2, -0.15) is 5.10 Å². The minimum absolute atomic E-state index is 0.105. The Kier molecular flexibility index (Phi) is 6.19. The van der Waals surface area contributed by atoms with Crippen LogP contribution in [0.25, 0.3) is 0 Å². The normalized spacial score (nSPS) is 10.6. The van der Waals surface area contributed by atoms with E-state index in [4.69, 9.17) is 9.47 Å². The Bertz CT molecular complexity index is 711. The zero-order valence-corrected chi connectivity index (χ0v) is 13.7. The monoisotopic (exact) mass is 328 g/mol. The lowest BCUT2D eigenvalue weighted by atomic mass is 10.2. The molecule has 1 amide bonds. The Hall–Kier alpha value is -3.02. The lowest BCUT2D eigenvalue weighted by Crippen LogP contribution is -2.17. The number of nitrogens with one attached hydrogen (secondary N) is 1. The van der Waals surface area contributed by atoms with Gasteiger partial charge in [0.05, 0.1) is 19.4 Å². The van der Waals surface area contributed by atoms with Crippen molar-refractivity contribution in [2.75, 3.05) is 13.2 Å².